The highest BCUT2D eigenvalue weighted by Gasteiger charge is 2.17. The van der Waals surface area contributed by atoms with E-state index in [1.807, 2.05) is 13.8 Å². The summed E-state index contributed by atoms with van der Waals surface area (Å²) in [4.78, 5) is 0. The van der Waals surface area contributed by atoms with E-state index < -0.39 is 0 Å². The minimum absolute atomic E-state index is 0.00347. The molecular formula is C7H18N2O. The summed E-state index contributed by atoms with van der Waals surface area (Å²) in [6.07, 6.45) is 0.560. The van der Waals surface area contributed by atoms with Crippen molar-refractivity contribution >= 4 is 0 Å². The van der Waals surface area contributed by atoms with Gasteiger partial charge in [-0.15, -0.1) is 0 Å². The molecule has 1 aliphatic heterocycles. The predicted molar refractivity (Wildman–Crippen MR) is 42.8 cm³/mol. The van der Waals surface area contributed by atoms with Crippen LogP contribution in [-0.2, 0) is 0 Å². The van der Waals surface area contributed by atoms with E-state index in [0.717, 1.165) is 13.0 Å². The highest BCUT2D eigenvalue weighted by atomic mass is 16.3. The molecule has 0 saturated carbocycles. The first-order valence-electron chi connectivity index (χ1n) is 3.95. The molecule has 0 aromatic carbocycles. The van der Waals surface area contributed by atoms with Crippen molar-refractivity contribution in [3.8, 4) is 0 Å². The first-order chi connectivity index (χ1) is 4.80. The molecule has 0 radical (unpaired) electrons. The summed E-state index contributed by atoms with van der Waals surface area (Å²) < 4.78 is 0. The first-order valence-corrected chi connectivity index (χ1v) is 3.95. The van der Waals surface area contributed by atoms with E-state index in [9.17, 15) is 0 Å². The molecule has 2 atom stereocenters. The summed E-state index contributed by atoms with van der Waals surface area (Å²) in [7, 11) is 0. The quantitative estimate of drug-likeness (QED) is 0.439. The van der Waals surface area contributed by atoms with Gasteiger partial charge in [0.15, 0.2) is 0 Å². The normalized spacial score (nSPS) is 32.4. The fourth-order valence-electron chi connectivity index (χ4n) is 0.862. The molecular weight excluding hydrogens is 128 g/mol. The summed E-state index contributed by atoms with van der Waals surface area (Å²) >= 11 is 0. The zero-order valence-corrected chi connectivity index (χ0v) is 6.80. The molecule has 1 aliphatic rings. The van der Waals surface area contributed by atoms with Gasteiger partial charge in [-0.1, -0.05) is 13.8 Å². The van der Waals surface area contributed by atoms with Gasteiger partial charge in [0.1, 0.15) is 0 Å². The van der Waals surface area contributed by atoms with Gasteiger partial charge in [-0.3, -0.25) is 0 Å². The second-order valence-corrected chi connectivity index (χ2v) is 2.22. The number of piperidine rings is 1. The summed E-state index contributed by atoms with van der Waals surface area (Å²) in [6, 6.07) is -0.00347. The van der Waals surface area contributed by atoms with Crippen molar-refractivity contribution in [2.24, 2.45) is 5.73 Å². The lowest BCUT2D eigenvalue weighted by Gasteiger charge is -2.24. The Morgan fingerprint density at radius 3 is 2.40 bits per heavy atom. The Bertz CT molecular complexity index is 68.0. The molecule has 0 aliphatic carbocycles. The molecule has 4 N–H and O–H groups in total. The minimum atomic E-state index is -0.330. The van der Waals surface area contributed by atoms with Crippen molar-refractivity contribution in [1.82, 2.24) is 5.32 Å². The second-order valence-electron chi connectivity index (χ2n) is 2.22. The van der Waals surface area contributed by atoms with Crippen molar-refractivity contribution in [3.05, 3.63) is 0 Å². The fourth-order valence-corrected chi connectivity index (χ4v) is 0.862. The van der Waals surface area contributed by atoms with Crippen molar-refractivity contribution < 1.29 is 5.11 Å². The summed E-state index contributed by atoms with van der Waals surface area (Å²) in [6.45, 7) is 5.60. The topological polar surface area (TPSA) is 58.3 Å². The van der Waals surface area contributed by atoms with Crippen LogP contribution in [0.3, 0.4) is 0 Å². The van der Waals surface area contributed by atoms with E-state index in [2.05, 4.69) is 5.32 Å². The van der Waals surface area contributed by atoms with Crippen molar-refractivity contribution in [1.29, 1.82) is 0 Å². The van der Waals surface area contributed by atoms with Gasteiger partial charge >= 0.3 is 0 Å². The van der Waals surface area contributed by atoms with Crippen LogP contribution >= 0.6 is 0 Å². The number of β-amino-alcohol motifs (C(OH)–C–C–N with tert-alkyl or cyclic N) is 1. The van der Waals surface area contributed by atoms with Crippen LogP contribution in [0.1, 0.15) is 20.3 Å². The zero-order valence-electron chi connectivity index (χ0n) is 6.80. The zero-order chi connectivity index (χ0) is 7.98. The standard InChI is InChI=1S/C5H12N2O.C2H6/c6-4-1-2-7-3-5(4)8;1-2/h4-5,7-8H,1-3,6H2;1-2H3. The number of nitrogens with two attached hydrogens (primary N) is 1. The monoisotopic (exact) mass is 146 g/mol. The first kappa shape index (κ1) is 9.88. The van der Waals surface area contributed by atoms with E-state index >= 15 is 0 Å². The minimum Gasteiger partial charge on any atom is -0.390 e. The Morgan fingerprint density at radius 1 is 1.50 bits per heavy atom. The van der Waals surface area contributed by atoms with Gasteiger partial charge < -0.3 is 16.2 Å². The molecule has 3 nitrogen and oxygen atoms in total. The predicted octanol–water partition coefficient (Wildman–Crippen LogP) is -0.306. The van der Waals surface area contributed by atoms with Crippen LogP contribution in [0.5, 0.6) is 0 Å². The molecule has 0 bridgehead atoms. The van der Waals surface area contributed by atoms with E-state index in [1.165, 1.54) is 0 Å². The molecule has 0 aromatic heterocycles. The van der Waals surface area contributed by atoms with E-state index in [-0.39, 0.29) is 12.1 Å². The van der Waals surface area contributed by atoms with Crippen molar-refractivity contribution in [2.75, 3.05) is 13.1 Å². The highest BCUT2D eigenvalue weighted by Crippen LogP contribution is 1.98. The molecule has 62 valence electrons. The Morgan fingerprint density at radius 2 is 2.10 bits per heavy atom. The van der Waals surface area contributed by atoms with Gasteiger partial charge in [0.2, 0.25) is 0 Å². The van der Waals surface area contributed by atoms with E-state index in [0.29, 0.717) is 6.54 Å². The third-order valence-corrected chi connectivity index (χ3v) is 1.50. The number of aliphatic hydroxyl groups is 1. The van der Waals surface area contributed by atoms with E-state index in [1.54, 1.807) is 0 Å². The van der Waals surface area contributed by atoms with Crippen LogP contribution in [-0.4, -0.2) is 30.3 Å². The average molecular weight is 146 g/mol. The molecule has 3 heteroatoms. The van der Waals surface area contributed by atoms with Gasteiger partial charge in [-0.2, -0.15) is 0 Å². The molecule has 1 fully saturated rings. The smallest absolute Gasteiger partial charge is 0.0815 e. The van der Waals surface area contributed by atoms with E-state index in [4.69, 9.17) is 10.8 Å². The van der Waals surface area contributed by atoms with Crippen LogP contribution in [0.4, 0.5) is 0 Å². The van der Waals surface area contributed by atoms with Crippen LogP contribution in [0.25, 0.3) is 0 Å². The number of nitrogens with one attached hydrogen (secondary N) is 1. The Hall–Kier alpha value is -0.120. The maximum atomic E-state index is 8.99. The summed E-state index contributed by atoms with van der Waals surface area (Å²) in [5.41, 5.74) is 5.49. The van der Waals surface area contributed by atoms with Gasteiger partial charge in [0.05, 0.1) is 6.10 Å². The number of hydrogen-bond acceptors (Lipinski definition) is 3. The third kappa shape index (κ3) is 3.15. The second kappa shape index (κ2) is 5.65. The third-order valence-electron chi connectivity index (χ3n) is 1.50. The van der Waals surface area contributed by atoms with Crippen LogP contribution in [0.15, 0.2) is 0 Å². The lowest BCUT2D eigenvalue weighted by atomic mass is 10.1. The molecule has 1 saturated heterocycles. The van der Waals surface area contributed by atoms with Gasteiger partial charge in [-0.05, 0) is 13.0 Å². The highest BCUT2D eigenvalue weighted by molar-refractivity contribution is 4.79. The number of rotatable bonds is 0. The molecule has 0 aromatic rings. The Kier molecular flexibility index (Phi) is 5.58. The largest absolute Gasteiger partial charge is 0.390 e. The van der Waals surface area contributed by atoms with Crippen LogP contribution in [0, 0.1) is 0 Å². The molecule has 0 amide bonds. The maximum Gasteiger partial charge on any atom is 0.0815 e. The van der Waals surface area contributed by atoms with Crippen molar-refractivity contribution in [3.63, 3.8) is 0 Å². The average Bonchev–Trinajstić information content (AvgIpc) is 2.00. The van der Waals surface area contributed by atoms with Crippen LogP contribution in [0.2, 0.25) is 0 Å². The fraction of sp³-hybridized carbons (Fsp3) is 1.00. The lowest BCUT2D eigenvalue weighted by molar-refractivity contribution is 0.120. The molecule has 0 spiro atoms. The van der Waals surface area contributed by atoms with Gasteiger partial charge in [0, 0.05) is 12.6 Å². The maximum absolute atomic E-state index is 8.99. The van der Waals surface area contributed by atoms with Crippen molar-refractivity contribution in [2.45, 2.75) is 32.4 Å². The molecule has 2 unspecified atom stereocenters. The van der Waals surface area contributed by atoms with Gasteiger partial charge in [-0.25, -0.2) is 0 Å². The Labute approximate surface area is 62.6 Å². The SMILES string of the molecule is CC.NC1CCNCC1O. The van der Waals surface area contributed by atoms with Gasteiger partial charge in [0.25, 0.3) is 0 Å². The summed E-state index contributed by atoms with van der Waals surface area (Å²) in [5, 5.41) is 12.0. The molecule has 1 heterocycles. The molecule has 1 rings (SSSR count). The lowest BCUT2D eigenvalue weighted by Crippen LogP contribution is -2.48. The Balaban J connectivity index is 0.000000371. The van der Waals surface area contributed by atoms with Crippen LogP contribution < -0.4 is 11.1 Å². The number of hydrogen-bond donors (Lipinski definition) is 3. The number of aliphatic hydroxyl groups excluding tert-OH is 1. The summed E-state index contributed by atoms with van der Waals surface area (Å²) in [5.74, 6) is 0. The molecule has 10 heavy (non-hydrogen) atoms.